The number of hydrogen-bond donors (Lipinski definition) is 2. The van der Waals surface area contributed by atoms with Crippen molar-refractivity contribution in [3.05, 3.63) is 94.1 Å². The van der Waals surface area contributed by atoms with Gasteiger partial charge in [0.05, 0.1) is 28.9 Å². The topological polar surface area (TPSA) is 127 Å². The van der Waals surface area contributed by atoms with Gasteiger partial charge in [0, 0.05) is 10.8 Å². The Morgan fingerprint density at radius 3 is 1.83 bits per heavy atom. The Bertz CT molecular complexity index is 1940. The summed E-state index contributed by atoms with van der Waals surface area (Å²) in [5.41, 5.74) is 3.76. The SMILES string of the molecule is CC1(C)[C@@H](OC(=O)c2ccc(C(=O)O)cc2)CC[C@]2(C)[C@H]3C=CC4=C5C[C@@](C)(COC(=O)c6ccc(C(=O)O)cc6)CC[C@]5(C)CC[C@@]4(C)[C@]3(C)CC[C@@H]12. The van der Waals surface area contributed by atoms with Gasteiger partial charge in [-0.1, -0.05) is 66.2 Å². The lowest BCUT2D eigenvalue weighted by Crippen LogP contribution is -2.63. The summed E-state index contributed by atoms with van der Waals surface area (Å²) in [6.07, 6.45) is 13.9. The van der Waals surface area contributed by atoms with Crippen LogP contribution in [0.15, 0.2) is 71.8 Å². The lowest BCUT2D eigenvalue weighted by Gasteiger charge is -2.69. The Morgan fingerprint density at radius 1 is 0.685 bits per heavy atom. The van der Waals surface area contributed by atoms with Crippen molar-refractivity contribution in [2.24, 2.45) is 44.3 Å². The van der Waals surface area contributed by atoms with Gasteiger partial charge in [0.15, 0.2) is 0 Å². The Morgan fingerprint density at radius 2 is 1.24 bits per heavy atom. The number of benzene rings is 2. The molecule has 3 fully saturated rings. The summed E-state index contributed by atoms with van der Waals surface area (Å²) in [5.74, 6) is -2.15. The van der Waals surface area contributed by atoms with Gasteiger partial charge < -0.3 is 19.7 Å². The average Bonchev–Trinajstić information content (AvgIpc) is 3.13. The van der Waals surface area contributed by atoms with Gasteiger partial charge in [-0.05, 0) is 145 Å². The summed E-state index contributed by atoms with van der Waals surface area (Å²) in [6.45, 7) is 17.1. The number of allylic oxidation sites excluding steroid dienone is 4. The molecule has 5 aliphatic rings. The number of carbonyl (C=O) groups is 4. The van der Waals surface area contributed by atoms with Crippen molar-refractivity contribution < 1.29 is 38.9 Å². The first-order valence-corrected chi connectivity index (χ1v) is 19.7. The van der Waals surface area contributed by atoms with Crippen LogP contribution in [0.4, 0.5) is 0 Å². The number of hydrogen-bond acceptors (Lipinski definition) is 6. The van der Waals surface area contributed by atoms with E-state index in [1.807, 2.05) is 0 Å². The van der Waals surface area contributed by atoms with E-state index >= 15 is 0 Å². The summed E-state index contributed by atoms with van der Waals surface area (Å²) < 4.78 is 12.2. The molecule has 0 bridgehead atoms. The number of carboxylic acid groups (broad SMARTS) is 2. The van der Waals surface area contributed by atoms with Gasteiger partial charge in [-0.25, -0.2) is 19.2 Å². The Labute approximate surface area is 319 Å². The summed E-state index contributed by atoms with van der Waals surface area (Å²) >= 11 is 0. The molecule has 2 N–H and O–H groups in total. The number of fused-ring (bicyclic) bond motifs is 6. The highest BCUT2D eigenvalue weighted by Crippen LogP contribution is 2.74. The summed E-state index contributed by atoms with van der Waals surface area (Å²) in [6, 6.07) is 11.9. The first-order chi connectivity index (χ1) is 25.3. The first kappa shape index (κ1) is 38.1. The molecule has 0 amide bonds. The van der Waals surface area contributed by atoms with Gasteiger partial charge >= 0.3 is 23.9 Å². The van der Waals surface area contributed by atoms with Crippen molar-refractivity contribution in [1.82, 2.24) is 0 Å². The molecule has 288 valence electrons. The number of aromatic carboxylic acids is 2. The van der Waals surface area contributed by atoms with E-state index in [1.165, 1.54) is 59.7 Å². The van der Waals surface area contributed by atoms with E-state index in [9.17, 15) is 29.4 Å². The van der Waals surface area contributed by atoms with Crippen LogP contribution in [0.5, 0.6) is 0 Å². The minimum absolute atomic E-state index is 0.00831. The van der Waals surface area contributed by atoms with Gasteiger partial charge in [-0.3, -0.25) is 0 Å². The fourth-order valence-corrected chi connectivity index (χ4v) is 12.1. The highest BCUT2D eigenvalue weighted by Gasteiger charge is 2.67. The molecule has 3 saturated carbocycles. The minimum atomic E-state index is -1.03. The molecular formula is C46H56O8. The number of carboxylic acids is 2. The normalized spacial score (nSPS) is 36.5. The van der Waals surface area contributed by atoms with Crippen molar-refractivity contribution in [2.75, 3.05) is 6.61 Å². The van der Waals surface area contributed by atoms with Crippen molar-refractivity contribution in [3.63, 3.8) is 0 Å². The van der Waals surface area contributed by atoms with E-state index in [-0.39, 0.29) is 49.7 Å². The quantitative estimate of drug-likeness (QED) is 0.269. The monoisotopic (exact) mass is 736 g/mol. The molecule has 7 rings (SSSR count). The highest BCUT2D eigenvalue weighted by atomic mass is 16.5. The second kappa shape index (κ2) is 12.9. The molecule has 0 heterocycles. The molecule has 0 unspecified atom stereocenters. The second-order valence-corrected chi connectivity index (χ2v) is 19.2. The molecular weight excluding hydrogens is 680 g/mol. The highest BCUT2D eigenvalue weighted by molar-refractivity contribution is 5.93. The van der Waals surface area contributed by atoms with E-state index in [2.05, 4.69) is 60.6 Å². The van der Waals surface area contributed by atoms with Crippen LogP contribution >= 0.6 is 0 Å². The smallest absolute Gasteiger partial charge is 0.338 e. The van der Waals surface area contributed by atoms with E-state index in [1.54, 1.807) is 0 Å². The molecule has 0 aromatic heterocycles. The fourth-order valence-electron chi connectivity index (χ4n) is 12.1. The first-order valence-electron chi connectivity index (χ1n) is 19.7. The molecule has 8 nitrogen and oxygen atoms in total. The maximum atomic E-state index is 13.3. The molecule has 54 heavy (non-hydrogen) atoms. The molecule has 0 saturated heterocycles. The zero-order valence-electron chi connectivity index (χ0n) is 32.9. The van der Waals surface area contributed by atoms with Crippen LogP contribution in [-0.4, -0.2) is 46.8 Å². The number of ether oxygens (including phenoxy) is 2. The van der Waals surface area contributed by atoms with E-state index in [0.717, 1.165) is 57.8 Å². The molecule has 0 aliphatic heterocycles. The van der Waals surface area contributed by atoms with Gasteiger partial charge in [0.1, 0.15) is 6.10 Å². The van der Waals surface area contributed by atoms with Crippen LogP contribution in [0.2, 0.25) is 0 Å². The van der Waals surface area contributed by atoms with E-state index < -0.39 is 23.9 Å². The van der Waals surface area contributed by atoms with Crippen LogP contribution in [0.3, 0.4) is 0 Å². The van der Waals surface area contributed by atoms with Crippen LogP contribution in [0.1, 0.15) is 148 Å². The van der Waals surface area contributed by atoms with Crippen molar-refractivity contribution in [1.29, 1.82) is 0 Å². The maximum Gasteiger partial charge on any atom is 0.338 e. The minimum Gasteiger partial charge on any atom is -0.478 e. The zero-order chi connectivity index (χ0) is 39.1. The molecule has 0 spiro atoms. The largest absolute Gasteiger partial charge is 0.478 e. The number of esters is 2. The lowest BCUT2D eigenvalue weighted by atomic mass is 9.35. The van der Waals surface area contributed by atoms with Crippen molar-refractivity contribution >= 4 is 23.9 Å². The zero-order valence-corrected chi connectivity index (χ0v) is 32.9. The average molecular weight is 737 g/mol. The fraction of sp³-hybridized carbons (Fsp3) is 0.565. The van der Waals surface area contributed by atoms with Crippen LogP contribution in [0.25, 0.3) is 0 Å². The molecule has 2 aromatic rings. The van der Waals surface area contributed by atoms with Crippen molar-refractivity contribution in [3.8, 4) is 0 Å². The standard InChI is InChI=1S/C46H56O8/c1-41(2)34-18-21-46(7)35(44(34,5)20-19-36(41)54-40(52)31-14-10-29(11-15-31)38(49)50)17-16-32-33-26-42(3,22-23-43(33,4)24-25-45(32,46)6)27-53-39(51)30-12-8-28(9-13-30)37(47)48/h8-17,34-36H,18-27H2,1-7H3,(H,47,48)(H,49,50)/t34-,35+,36-,42-,43+,44-,45+,46+/m0/s1. The van der Waals surface area contributed by atoms with E-state index in [4.69, 9.17) is 9.47 Å². The summed E-state index contributed by atoms with van der Waals surface area (Å²) in [4.78, 5) is 49.0. The van der Waals surface area contributed by atoms with E-state index in [0.29, 0.717) is 29.6 Å². The van der Waals surface area contributed by atoms with Gasteiger partial charge in [-0.15, -0.1) is 0 Å². The summed E-state index contributed by atoms with van der Waals surface area (Å²) in [5, 5.41) is 18.5. The number of rotatable bonds is 7. The Hall–Kier alpha value is -4.20. The van der Waals surface area contributed by atoms with Gasteiger partial charge in [-0.2, -0.15) is 0 Å². The Kier molecular flexibility index (Phi) is 9.13. The molecule has 8 atom stereocenters. The van der Waals surface area contributed by atoms with Crippen LogP contribution < -0.4 is 0 Å². The third-order valence-electron chi connectivity index (χ3n) is 15.8. The Balaban J connectivity index is 1.12. The van der Waals surface area contributed by atoms with Gasteiger partial charge in [0.25, 0.3) is 0 Å². The van der Waals surface area contributed by atoms with Crippen molar-refractivity contribution in [2.45, 2.75) is 112 Å². The predicted octanol–water partition coefficient (Wildman–Crippen LogP) is 10.2. The maximum absolute atomic E-state index is 13.3. The molecule has 0 radical (unpaired) electrons. The van der Waals surface area contributed by atoms with Gasteiger partial charge in [0.2, 0.25) is 0 Å². The molecule has 5 aliphatic carbocycles. The number of carbonyl (C=O) groups excluding carboxylic acids is 2. The third-order valence-corrected chi connectivity index (χ3v) is 15.8. The lowest BCUT2D eigenvalue weighted by molar-refractivity contribution is -0.183. The third kappa shape index (κ3) is 5.94. The predicted molar refractivity (Wildman–Crippen MR) is 205 cm³/mol. The summed E-state index contributed by atoms with van der Waals surface area (Å²) in [7, 11) is 0. The van der Waals surface area contributed by atoms with Crippen LogP contribution in [0, 0.1) is 44.3 Å². The second-order valence-electron chi connectivity index (χ2n) is 19.2. The molecule has 8 heteroatoms. The molecule has 2 aromatic carbocycles. The van der Waals surface area contributed by atoms with Crippen LogP contribution in [-0.2, 0) is 9.47 Å².